The lowest BCUT2D eigenvalue weighted by Crippen LogP contribution is -2.35. The average Bonchev–Trinajstić information content (AvgIpc) is 3.07. The minimum Gasteiger partial charge on any atom is -0.480 e. The van der Waals surface area contributed by atoms with Gasteiger partial charge in [-0.2, -0.15) is 0 Å². The summed E-state index contributed by atoms with van der Waals surface area (Å²) >= 11 is 7.51. The highest BCUT2D eigenvalue weighted by Crippen LogP contribution is 2.35. The monoisotopic (exact) mass is 309 g/mol. The number of aliphatic carboxylic acids is 1. The number of aromatic nitrogens is 2. The van der Waals surface area contributed by atoms with E-state index >= 15 is 0 Å². The van der Waals surface area contributed by atoms with Gasteiger partial charge in [0, 0.05) is 12.1 Å². The fourth-order valence-corrected chi connectivity index (χ4v) is 3.57. The summed E-state index contributed by atoms with van der Waals surface area (Å²) in [5.74, 6) is -0.808. The van der Waals surface area contributed by atoms with Crippen LogP contribution in [0.5, 0.6) is 0 Å². The third-order valence-corrected chi connectivity index (χ3v) is 4.63. The van der Waals surface area contributed by atoms with Crippen LogP contribution in [0.4, 0.5) is 5.13 Å². The predicted octanol–water partition coefficient (Wildman–Crippen LogP) is 2.91. The van der Waals surface area contributed by atoms with Crippen molar-refractivity contribution in [2.24, 2.45) is 0 Å². The van der Waals surface area contributed by atoms with Crippen molar-refractivity contribution in [2.45, 2.75) is 18.9 Å². The highest BCUT2D eigenvalue weighted by Gasteiger charge is 2.32. The van der Waals surface area contributed by atoms with Crippen molar-refractivity contribution in [1.29, 1.82) is 0 Å². The molecule has 0 radical (unpaired) electrons. The summed E-state index contributed by atoms with van der Waals surface area (Å²) in [4.78, 5) is 13.0. The molecule has 1 fully saturated rings. The number of benzene rings is 1. The van der Waals surface area contributed by atoms with Crippen molar-refractivity contribution < 1.29 is 9.90 Å². The first-order valence-corrected chi connectivity index (χ1v) is 7.44. The van der Waals surface area contributed by atoms with Gasteiger partial charge >= 0.3 is 5.97 Å². The molecular formula is C13H12ClN3O2S. The number of anilines is 1. The normalized spacial score (nSPS) is 18.4. The summed E-state index contributed by atoms with van der Waals surface area (Å²) in [6.07, 6.45) is 1.51. The highest BCUT2D eigenvalue weighted by atomic mass is 35.5. The van der Waals surface area contributed by atoms with E-state index in [1.54, 1.807) is 11.0 Å². The molecule has 0 aliphatic carbocycles. The van der Waals surface area contributed by atoms with E-state index in [1.807, 2.05) is 18.2 Å². The SMILES string of the molecule is O=C(O)C1CCCN1c1nnc(-c2ccccc2Cl)s1. The summed E-state index contributed by atoms with van der Waals surface area (Å²) in [5, 5.41) is 19.4. The molecule has 0 amide bonds. The smallest absolute Gasteiger partial charge is 0.326 e. The molecule has 3 rings (SSSR count). The molecule has 1 aliphatic rings. The zero-order chi connectivity index (χ0) is 14.1. The standard InChI is InChI=1S/C13H12ClN3O2S/c14-9-5-2-1-4-8(9)11-15-16-13(20-11)17-7-3-6-10(17)12(18)19/h1-2,4-5,10H,3,6-7H2,(H,18,19). The van der Waals surface area contributed by atoms with Crippen LogP contribution < -0.4 is 4.90 Å². The number of hydrogen-bond acceptors (Lipinski definition) is 5. The van der Waals surface area contributed by atoms with Crippen LogP contribution in [0.3, 0.4) is 0 Å². The second-order valence-corrected chi connectivity index (χ2v) is 5.92. The lowest BCUT2D eigenvalue weighted by Gasteiger charge is -2.19. The predicted molar refractivity (Wildman–Crippen MR) is 78.4 cm³/mol. The highest BCUT2D eigenvalue weighted by molar-refractivity contribution is 7.18. The number of carboxylic acid groups (broad SMARTS) is 1. The largest absolute Gasteiger partial charge is 0.480 e. The third kappa shape index (κ3) is 2.36. The van der Waals surface area contributed by atoms with Crippen molar-refractivity contribution in [3.05, 3.63) is 29.3 Å². The Kier molecular flexibility index (Phi) is 3.58. The van der Waals surface area contributed by atoms with Crippen molar-refractivity contribution in [1.82, 2.24) is 10.2 Å². The van der Waals surface area contributed by atoms with Crippen LogP contribution >= 0.6 is 22.9 Å². The van der Waals surface area contributed by atoms with Crippen molar-refractivity contribution >= 4 is 34.0 Å². The Balaban J connectivity index is 1.91. The maximum Gasteiger partial charge on any atom is 0.326 e. The number of hydrogen-bond donors (Lipinski definition) is 1. The van der Waals surface area contributed by atoms with Gasteiger partial charge in [0.2, 0.25) is 5.13 Å². The number of carboxylic acids is 1. The van der Waals surface area contributed by atoms with Crippen molar-refractivity contribution in [3.8, 4) is 10.6 Å². The fourth-order valence-electron chi connectivity index (χ4n) is 2.33. The van der Waals surface area contributed by atoms with Crippen molar-refractivity contribution in [2.75, 3.05) is 11.4 Å². The fraction of sp³-hybridized carbons (Fsp3) is 0.308. The molecular weight excluding hydrogens is 298 g/mol. The van der Waals surface area contributed by atoms with E-state index in [2.05, 4.69) is 10.2 Å². The molecule has 1 unspecified atom stereocenters. The molecule has 0 bridgehead atoms. The van der Waals surface area contributed by atoms with Gasteiger partial charge in [-0.25, -0.2) is 4.79 Å². The van der Waals surface area contributed by atoms with Gasteiger partial charge in [0.25, 0.3) is 0 Å². The maximum atomic E-state index is 11.2. The van der Waals surface area contributed by atoms with Crippen LogP contribution in [-0.4, -0.2) is 33.9 Å². The van der Waals surface area contributed by atoms with E-state index in [1.165, 1.54) is 11.3 Å². The second-order valence-electron chi connectivity index (χ2n) is 4.56. The Labute approximate surface area is 124 Å². The van der Waals surface area contributed by atoms with Crippen LogP contribution in [0.25, 0.3) is 10.6 Å². The molecule has 1 saturated heterocycles. The molecule has 0 saturated carbocycles. The molecule has 1 aromatic carbocycles. The van der Waals surface area contributed by atoms with Crippen LogP contribution in [0.1, 0.15) is 12.8 Å². The lowest BCUT2D eigenvalue weighted by atomic mass is 10.2. The zero-order valence-corrected chi connectivity index (χ0v) is 12.1. The zero-order valence-electron chi connectivity index (χ0n) is 10.5. The lowest BCUT2D eigenvalue weighted by molar-refractivity contribution is -0.138. The molecule has 5 nitrogen and oxygen atoms in total. The maximum absolute atomic E-state index is 11.2. The second kappa shape index (κ2) is 5.38. The Morgan fingerprint density at radius 3 is 2.95 bits per heavy atom. The third-order valence-electron chi connectivity index (χ3n) is 3.30. The summed E-state index contributed by atoms with van der Waals surface area (Å²) in [6, 6.07) is 6.92. The quantitative estimate of drug-likeness (QED) is 0.944. The topological polar surface area (TPSA) is 66.3 Å². The Morgan fingerprint density at radius 1 is 1.40 bits per heavy atom. The first-order valence-electron chi connectivity index (χ1n) is 6.24. The van der Waals surface area contributed by atoms with Gasteiger partial charge in [0.1, 0.15) is 6.04 Å². The first kappa shape index (κ1) is 13.3. The molecule has 7 heteroatoms. The van der Waals surface area contributed by atoms with Gasteiger partial charge in [-0.15, -0.1) is 10.2 Å². The molecule has 104 valence electrons. The number of nitrogens with zero attached hydrogens (tertiary/aromatic N) is 3. The van der Waals surface area contributed by atoms with E-state index < -0.39 is 12.0 Å². The molecule has 2 heterocycles. The summed E-state index contributed by atoms with van der Waals surface area (Å²) in [6.45, 7) is 0.703. The molecule has 1 atom stereocenters. The summed E-state index contributed by atoms with van der Waals surface area (Å²) < 4.78 is 0. The van der Waals surface area contributed by atoms with Crippen LogP contribution in [0.2, 0.25) is 5.02 Å². The molecule has 2 aromatic rings. The van der Waals surface area contributed by atoms with Gasteiger partial charge in [-0.05, 0) is 18.9 Å². The van der Waals surface area contributed by atoms with E-state index in [0.717, 1.165) is 12.0 Å². The number of carbonyl (C=O) groups is 1. The first-order chi connectivity index (χ1) is 9.66. The molecule has 1 N–H and O–H groups in total. The Morgan fingerprint density at radius 2 is 2.20 bits per heavy atom. The Bertz CT molecular complexity index is 646. The van der Waals surface area contributed by atoms with Crippen LogP contribution in [0, 0.1) is 0 Å². The van der Waals surface area contributed by atoms with Gasteiger partial charge in [-0.3, -0.25) is 0 Å². The van der Waals surface area contributed by atoms with Crippen LogP contribution in [-0.2, 0) is 4.79 Å². The minimum atomic E-state index is -0.808. The average molecular weight is 310 g/mol. The van der Waals surface area contributed by atoms with E-state index in [-0.39, 0.29) is 0 Å². The van der Waals surface area contributed by atoms with E-state index in [9.17, 15) is 9.90 Å². The molecule has 0 spiro atoms. The van der Waals surface area contributed by atoms with Crippen molar-refractivity contribution in [3.63, 3.8) is 0 Å². The Hall–Kier alpha value is -1.66. The minimum absolute atomic E-state index is 0.498. The summed E-state index contributed by atoms with van der Waals surface area (Å²) in [5.41, 5.74) is 0.823. The molecule has 1 aliphatic heterocycles. The van der Waals surface area contributed by atoms with Crippen LogP contribution in [0.15, 0.2) is 24.3 Å². The van der Waals surface area contributed by atoms with E-state index in [0.29, 0.717) is 28.1 Å². The van der Waals surface area contributed by atoms with Gasteiger partial charge in [-0.1, -0.05) is 41.1 Å². The van der Waals surface area contributed by atoms with E-state index in [4.69, 9.17) is 11.6 Å². The number of halogens is 1. The molecule has 1 aromatic heterocycles. The van der Waals surface area contributed by atoms with Gasteiger partial charge < -0.3 is 10.0 Å². The van der Waals surface area contributed by atoms with Gasteiger partial charge in [0.15, 0.2) is 5.01 Å². The number of rotatable bonds is 3. The summed E-state index contributed by atoms with van der Waals surface area (Å²) in [7, 11) is 0. The molecule has 20 heavy (non-hydrogen) atoms. The van der Waals surface area contributed by atoms with Gasteiger partial charge in [0.05, 0.1) is 5.02 Å².